The Morgan fingerprint density at radius 3 is 2.62 bits per heavy atom. The van der Waals surface area contributed by atoms with E-state index in [1.54, 1.807) is 13.2 Å². The molecule has 0 saturated heterocycles. The van der Waals surface area contributed by atoms with Crippen LogP contribution >= 0.6 is 23.2 Å². The van der Waals surface area contributed by atoms with Gasteiger partial charge in [0.15, 0.2) is 0 Å². The van der Waals surface area contributed by atoms with E-state index in [1.807, 2.05) is 6.07 Å². The van der Waals surface area contributed by atoms with Gasteiger partial charge in [-0.15, -0.1) is 0 Å². The molecule has 0 aliphatic rings. The van der Waals surface area contributed by atoms with Crippen molar-refractivity contribution in [1.82, 2.24) is 5.32 Å². The minimum absolute atomic E-state index is 0.565. The largest absolute Gasteiger partial charge is 0.492 e. The molecule has 0 amide bonds. The zero-order valence-electron chi connectivity index (χ0n) is 13.0. The molecule has 0 aliphatic carbocycles. The van der Waals surface area contributed by atoms with E-state index >= 15 is 0 Å². The molecular formula is C16H25Cl2NO2. The van der Waals surface area contributed by atoms with Crippen molar-refractivity contribution in [1.29, 1.82) is 0 Å². The maximum atomic E-state index is 6.25. The Morgan fingerprint density at radius 2 is 1.95 bits per heavy atom. The number of methoxy groups -OCH3 is 1. The van der Waals surface area contributed by atoms with E-state index in [1.165, 1.54) is 0 Å². The first-order valence-electron chi connectivity index (χ1n) is 7.35. The molecule has 1 aromatic carbocycles. The lowest BCUT2D eigenvalue weighted by molar-refractivity contribution is 0.199. The predicted molar refractivity (Wildman–Crippen MR) is 89.6 cm³/mol. The quantitative estimate of drug-likeness (QED) is 0.637. The third kappa shape index (κ3) is 7.37. The molecule has 120 valence electrons. The van der Waals surface area contributed by atoms with Gasteiger partial charge in [-0.25, -0.2) is 0 Å². The monoisotopic (exact) mass is 333 g/mol. The molecule has 0 atom stereocenters. The van der Waals surface area contributed by atoms with Crippen LogP contribution in [0.3, 0.4) is 0 Å². The number of hydrogen-bond acceptors (Lipinski definition) is 3. The summed E-state index contributed by atoms with van der Waals surface area (Å²) < 4.78 is 10.9. The van der Waals surface area contributed by atoms with E-state index in [0.29, 0.717) is 35.7 Å². The van der Waals surface area contributed by atoms with Gasteiger partial charge in [0, 0.05) is 30.8 Å². The topological polar surface area (TPSA) is 30.5 Å². The van der Waals surface area contributed by atoms with Crippen LogP contribution in [0.25, 0.3) is 0 Å². The summed E-state index contributed by atoms with van der Waals surface area (Å²) in [5.41, 5.74) is 0.980. The number of ether oxygens (including phenoxy) is 2. The van der Waals surface area contributed by atoms with Gasteiger partial charge in [-0.05, 0) is 30.9 Å². The van der Waals surface area contributed by atoms with E-state index in [-0.39, 0.29) is 0 Å². The maximum Gasteiger partial charge on any atom is 0.142 e. The summed E-state index contributed by atoms with van der Waals surface area (Å²) in [5.74, 6) is 1.42. The summed E-state index contributed by atoms with van der Waals surface area (Å²) in [5, 5.41) is 4.47. The lowest BCUT2D eigenvalue weighted by atomic mass is 10.1. The van der Waals surface area contributed by atoms with Crippen LogP contribution in [-0.4, -0.2) is 26.9 Å². The fourth-order valence-corrected chi connectivity index (χ4v) is 2.56. The molecule has 0 saturated carbocycles. The van der Waals surface area contributed by atoms with Crippen LogP contribution in [-0.2, 0) is 11.3 Å². The Balaban J connectivity index is 2.62. The number of halogens is 2. The zero-order chi connectivity index (χ0) is 15.7. The van der Waals surface area contributed by atoms with Crippen LogP contribution in [0.15, 0.2) is 12.1 Å². The summed E-state index contributed by atoms with van der Waals surface area (Å²) in [6.07, 6.45) is 2.17. The van der Waals surface area contributed by atoms with Crippen LogP contribution in [0.1, 0.15) is 32.3 Å². The van der Waals surface area contributed by atoms with Crippen molar-refractivity contribution in [2.45, 2.75) is 33.2 Å². The molecule has 21 heavy (non-hydrogen) atoms. The highest BCUT2D eigenvalue weighted by molar-refractivity contribution is 6.35. The highest BCUT2D eigenvalue weighted by Crippen LogP contribution is 2.32. The van der Waals surface area contributed by atoms with Gasteiger partial charge in [-0.3, -0.25) is 0 Å². The Labute approximate surface area is 137 Å². The SMILES string of the molecule is COCCNCc1cc(Cl)cc(Cl)c1OCCCC(C)C. The second kappa shape index (κ2) is 10.3. The molecule has 1 rings (SSSR count). The third-order valence-corrected chi connectivity index (χ3v) is 3.55. The molecule has 0 aromatic heterocycles. The van der Waals surface area contributed by atoms with E-state index < -0.39 is 0 Å². The van der Waals surface area contributed by atoms with Crippen LogP contribution in [0.2, 0.25) is 10.0 Å². The van der Waals surface area contributed by atoms with Crippen LogP contribution in [0.4, 0.5) is 0 Å². The van der Waals surface area contributed by atoms with Crippen molar-refractivity contribution in [3.63, 3.8) is 0 Å². The fourth-order valence-electron chi connectivity index (χ4n) is 1.97. The number of benzene rings is 1. The first kappa shape index (κ1) is 18.6. The van der Waals surface area contributed by atoms with Crippen molar-refractivity contribution in [3.05, 3.63) is 27.7 Å². The average molecular weight is 334 g/mol. The molecule has 0 heterocycles. The van der Waals surface area contributed by atoms with Gasteiger partial charge in [-0.2, -0.15) is 0 Å². The van der Waals surface area contributed by atoms with Gasteiger partial charge >= 0.3 is 0 Å². The zero-order valence-corrected chi connectivity index (χ0v) is 14.6. The molecule has 0 fully saturated rings. The summed E-state index contributed by atoms with van der Waals surface area (Å²) in [6.45, 7) is 7.18. The van der Waals surface area contributed by atoms with Gasteiger partial charge < -0.3 is 14.8 Å². The van der Waals surface area contributed by atoms with Gasteiger partial charge in [0.25, 0.3) is 0 Å². The van der Waals surface area contributed by atoms with E-state index in [2.05, 4.69) is 19.2 Å². The summed E-state index contributed by atoms with van der Waals surface area (Å²) in [7, 11) is 1.68. The molecular weight excluding hydrogens is 309 g/mol. The highest BCUT2D eigenvalue weighted by Gasteiger charge is 2.11. The number of hydrogen-bond donors (Lipinski definition) is 1. The van der Waals surface area contributed by atoms with Crippen LogP contribution in [0, 0.1) is 5.92 Å². The van der Waals surface area contributed by atoms with Crippen molar-refractivity contribution in [2.24, 2.45) is 5.92 Å². The van der Waals surface area contributed by atoms with E-state index in [0.717, 1.165) is 30.7 Å². The van der Waals surface area contributed by atoms with Gasteiger partial charge in [-0.1, -0.05) is 37.0 Å². The lowest BCUT2D eigenvalue weighted by Crippen LogP contribution is -2.19. The fraction of sp³-hybridized carbons (Fsp3) is 0.625. The van der Waals surface area contributed by atoms with E-state index in [9.17, 15) is 0 Å². The van der Waals surface area contributed by atoms with Crippen molar-refractivity contribution in [3.8, 4) is 5.75 Å². The van der Waals surface area contributed by atoms with Crippen molar-refractivity contribution in [2.75, 3.05) is 26.9 Å². The molecule has 0 radical (unpaired) electrons. The normalized spacial score (nSPS) is 11.1. The third-order valence-electron chi connectivity index (χ3n) is 3.06. The molecule has 0 aliphatic heterocycles. The van der Waals surface area contributed by atoms with Gasteiger partial charge in [0.05, 0.1) is 18.2 Å². The molecule has 1 aromatic rings. The summed E-state index contributed by atoms with van der Waals surface area (Å²) >= 11 is 12.3. The highest BCUT2D eigenvalue weighted by atomic mass is 35.5. The lowest BCUT2D eigenvalue weighted by Gasteiger charge is -2.15. The minimum Gasteiger partial charge on any atom is -0.492 e. The van der Waals surface area contributed by atoms with Crippen LogP contribution in [0.5, 0.6) is 5.75 Å². The first-order chi connectivity index (χ1) is 10.0. The summed E-state index contributed by atoms with van der Waals surface area (Å²) in [6, 6.07) is 3.62. The molecule has 1 N–H and O–H groups in total. The molecule has 0 unspecified atom stereocenters. The van der Waals surface area contributed by atoms with Crippen molar-refractivity contribution < 1.29 is 9.47 Å². The van der Waals surface area contributed by atoms with Gasteiger partial charge in [0.1, 0.15) is 5.75 Å². The standard InChI is InChI=1S/C16H25Cl2NO2/c1-12(2)5-4-7-21-16-13(11-19-6-8-20-3)9-14(17)10-15(16)18/h9-10,12,19H,4-8,11H2,1-3H3. The summed E-state index contributed by atoms with van der Waals surface area (Å²) in [4.78, 5) is 0. The minimum atomic E-state index is 0.565. The average Bonchev–Trinajstić information content (AvgIpc) is 2.41. The smallest absolute Gasteiger partial charge is 0.142 e. The molecule has 5 heteroatoms. The number of nitrogens with one attached hydrogen (secondary N) is 1. The molecule has 3 nitrogen and oxygen atoms in total. The number of rotatable bonds is 10. The maximum absolute atomic E-state index is 6.25. The first-order valence-corrected chi connectivity index (χ1v) is 8.10. The Bertz CT molecular complexity index is 425. The Kier molecular flexibility index (Phi) is 9.09. The Hall–Kier alpha value is -0.480. The van der Waals surface area contributed by atoms with Crippen LogP contribution < -0.4 is 10.1 Å². The predicted octanol–water partition coefficient (Wildman–Crippen LogP) is 4.54. The molecule has 0 spiro atoms. The van der Waals surface area contributed by atoms with Crippen molar-refractivity contribution >= 4 is 23.2 Å². The second-order valence-electron chi connectivity index (χ2n) is 5.43. The van der Waals surface area contributed by atoms with Gasteiger partial charge in [0.2, 0.25) is 0 Å². The molecule has 0 bridgehead atoms. The Morgan fingerprint density at radius 1 is 1.19 bits per heavy atom. The van der Waals surface area contributed by atoms with E-state index in [4.69, 9.17) is 32.7 Å². The second-order valence-corrected chi connectivity index (χ2v) is 6.27.